The van der Waals surface area contributed by atoms with Crippen molar-refractivity contribution in [1.29, 1.82) is 0 Å². The van der Waals surface area contributed by atoms with Crippen LogP contribution in [-0.2, 0) is 26.2 Å². The van der Waals surface area contributed by atoms with E-state index >= 15 is 0 Å². The van der Waals surface area contributed by atoms with Gasteiger partial charge in [0.15, 0.2) is 11.5 Å². The summed E-state index contributed by atoms with van der Waals surface area (Å²) in [4.78, 5) is 28.4. The minimum Gasteiger partial charge on any atom is -0.493 e. The van der Waals surface area contributed by atoms with E-state index in [2.05, 4.69) is 5.32 Å². The van der Waals surface area contributed by atoms with Crippen molar-refractivity contribution in [3.63, 3.8) is 0 Å². The predicted molar refractivity (Wildman–Crippen MR) is 160 cm³/mol. The van der Waals surface area contributed by atoms with Crippen LogP contribution in [0.3, 0.4) is 0 Å². The van der Waals surface area contributed by atoms with E-state index in [1.807, 2.05) is 20.8 Å². The summed E-state index contributed by atoms with van der Waals surface area (Å²) in [5.41, 5.74) is 0.351. The summed E-state index contributed by atoms with van der Waals surface area (Å²) >= 11 is 6.40. The van der Waals surface area contributed by atoms with Gasteiger partial charge in [-0.05, 0) is 63.6 Å². The third-order valence-corrected chi connectivity index (χ3v) is 8.37. The van der Waals surface area contributed by atoms with Crippen LogP contribution in [0.2, 0.25) is 5.02 Å². The van der Waals surface area contributed by atoms with Crippen molar-refractivity contribution in [3.05, 3.63) is 83.4 Å². The van der Waals surface area contributed by atoms with Gasteiger partial charge < -0.3 is 19.7 Å². The molecule has 0 aromatic heterocycles. The van der Waals surface area contributed by atoms with Gasteiger partial charge in [-0.1, -0.05) is 48.0 Å². The van der Waals surface area contributed by atoms with E-state index < -0.39 is 34.1 Å². The van der Waals surface area contributed by atoms with Crippen molar-refractivity contribution < 1.29 is 27.5 Å². The van der Waals surface area contributed by atoms with Crippen LogP contribution < -0.4 is 19.1 Å². The number of hydrogen-bond donors (Lipinski definition) is 1. The van der Waals surface area contributed by atoms with Crippen LogP contribution in [0.5, 0.6) is 11.5 Å². The van der Waals surface area contributed by atoms with Gasteiger partial charge in [0.25, 0.3) is 10.0 Å². The summed E-state index contributed by atoms with van der Waals surface area (Å²) in [5.74, 6) is -0.389. The van der Waals surface area contributed by atoms with Gasteiger partial charge in [-0.25, -0.2) is 8.42 Å². The Morgan fingerprint density at radius 2 is 1.54 bits per heavy atom. The van der Waals surface area contributed by atoms with Gasteiger partial charge >= 0.3 is 0 Å². The Kier molecular flexibility index (Phi) is 10.3. The molecule has 0 spiro atoms. The fourth-order valence-electron chi connectivity index (χ4n) is 4.09. The topological polar surface area (TPSA) is 105 Å². The van der Waals surface area contributed by atoms with E-state index in [1.54, 1.807) is 61.5 Å². The van der Waals surface area contributed by atoms with Gasteiger partial charge in [-0.2, -0.15) is 0 Å². The number of hydrogen-bond acceptors (Lipinski definition) is 6. The first-order chi connectivity index (χ1) is 19.3. The third kappa shape index (κ3) is 7.92. The molecule has 1 atom stereocenters. The zero-order valence-electron chi connectivity index (χ0n) is 24.0. The number of carbonyl (C=O) groups is 2. The molecule has 9 nitrogen and oxygen atoms in total. The Labute approximate surface area is 247 Å². The summed E-state index contributed by atoms with van der Waals surface area (Å²) < 4.78 is 39.6. The normalized spacial score (nSPS) is 12.3. The number of amides is 2. The SMILES string of the molecule is COc1ccc(S(=O)(=O)N(CC(=O)N(Cc2ccccc2Cl)[C@@H](C)C(=O)NC(C)(C)C)c2ccccc2)cc1OC. The molecule has 0 aliphatic carbocycles. The molecule has 1 N–H and O–H groups in total. The standard InChI is InChI=1S/C30H36ClN3O6S/c1-21(29(36)32-30(2,3)4)33(19-22-12-10-11-15-25(22)31)28(35)20-34(23-13-8-7-9-14-23)41(37,38)24-16-17-26(39-5)27(18-24)40-6/h7-18,21H,19-20H2,1-6H3,(H,32,36)/t21-/m0/s1. The first-order valence-electron chi connectivity index (χ1n) is 12.9. The Morgan fingerprint density at radius 1 is 0.927 bits per heavy atom. The molecule has 3 rings (SSSR count). The smallest absolute Gasteiger partial charge is 0.264 e. The minimum atomic E-state index is -4.27. The molecule has 0 radical (unpaired) electrons. The molecular formula is C30H36ClN3O6S. The maximum absolute atomic E-state index is 14.0. The number of halogens is 1. The zero-order chi connectivity index (χ0) is 30.4. The monoisotopic (exact) mass is 601 g/mol. The quantitative estimate of drug-likeness (QED) is 0.336. The lowest BCUT2D eigenvalue weighted by molar-refractivity contribution is -0.140. The van der Waals surface area contributed by atoms with Crippen molar-refractivity contribution in [2.45, 2.75) is 50.7 Å². The Balaban J connectivity index is 2.06. The zero-order valence-corrected chi connectivity index (χ0v) is 25.6. The molecule has 0 heterocycles. The number of sulfonamides is 1. The van der Waals surface area contributed by atoms with Crippen molar-refractivity contribution in [2.24, 2.45) is 0 Å². The average Bonchev–Trinajstić information content (AvgIpc) is 2.94. The molecule has 3 aromatic carbocycles. The van der Waals surface area contributed by atoms with E-state index in [0.29, 0.717) is 16.3 Å². The van der Waals surface area contributed by atoms with Gasteiger partial charge in [-0.3, -0.25) is 13.9 Å². The lowest BCUT2D eigenvalue weighted by Crippen LogP contribution is -2.54. The van der Waals surface area contributed by atoms with Gasteiger partial charge in [-0.15, -0.1) is 0 Å². The number of nitrogens with zero attached hydrogens (tertiary/aromatic N) is 2. The number of ether oxygens (including phenoxy) is 2. The maximum atomic E-state index is 14.0. The van der Waals surface area contributed by atoms with E-state index in [9.17, 15) is 18.0 Å². The van der Waals surface area contributed by atoms with Gasteiger partial charge in [0.05, 0.1) is 24.8 Å². The number of benzene rings is 3. The first-order valence-corrected chi connectivity index (χ1v) is 14.7. The highest BCUT2D eigenvalue weighted by atomic mass is 35.5. The van der Waals surface area contributed by atoms with Crippen molar-refractivity contribution >= 4 is 39.1 Å². The largest absolute Gasteiger partial charge is 0.493 e. The second-order valence-electron chi connectivity index (χ2n) is 10.4. The van der Waals surface area contributed by atoms with E-state index in [1.165, 1.54) is 37.3 Å². The van der Waals surface area contributed by atoms with Gasteiger partial charge in [0, 0.05) is 23.2 Å². The van der Waals surface area contributed by atoms with Crippen molar-refractivity contribution in [1.82, 2.24) is 10.2 Å². The fraction of sp³-hybridized carbons (Fsp3) is 0.333. The number of anilines is 1. The number of carbonyl (C=O) groups excluding carboxylic acids is 2. The summed E-state index contributed by atoms with van der Waals surface area (Å²) in [6, 6.07) is 18.6. The summed E-state index contributed by atoms with van der Waals surface area (Å²) in [5, 5.41) is 3.32. The Hall–Kier alpha value is -3.76. The molecule has 220 valence electrons. The van der Waals surface area contributed by atoms with Crippen LogP contribution in [0.4, 0.5) is 5.69 Å². The molecule has 2 amide bonds. The Morgan fingerprint density at radius 3 is 2.12 bits per heavy atom. The molecular weight excluding hydrogens is 566 g/mol. The van der Waals surface area contributed by atoms with E-state index in [-0.39, 0.29) is 28.8 Å². The average molecular weight is 602 g/mol. The lowest BCUT2D eigenvalue weighted by Gasteiger charge is -2.33. The molecule has 11 heteroatoms. The highest BCUT2D eigenvalue weighted by molar-refractivity contribution is 7.92. The summed E-state index contributed by atoms with van der Waals surface area (Å²) in [7, 11) is -1.42. The predicted octanol–water partition coefficient (Wildman–Crippen LogP) is 4.88. The fourth-order valence-corrected chi connectivity index (χ4v) is 5.72. The highest BCUT2D eigenvalue weighted by Gasteiger charge is 2.34. The number of rotatable bonds is 11. The number of methoxy groups -OCH3 is 2. The van der Waals surface area contributed by atoms with E-state index in [0.717, 1.165) is 4.31 Å². The molecule has 41 heavy (non-hydrogen) atoms. The van der Waals surface area contributed by atoms with Gasteiger partial charge in [0.1, 0.15) is 12.6 Å². The van der Waals surface area contributed by atoms with Crippen LogP contribution in [0.25, 0.3) is 0 Å². The number of para-hydroxylation sites is 1. The highest BCUT2D eigenvalue weighted by Crippen LogP contribution is 2.32. The maximum Gasteiger partial charge on any atom is 0.264 e. The molecule has 0 saturated heterocycles. The molecule has 0 bridgehead atoms. The van der Waals surface area contributed by atoms with Crippen LogP contribution in [0, 0.1) is 0 Å². The van der Waals surface area contributed by atoms with Crippen LogP contribution in [-0.4, -0.2) is 57.5 Å². The minimum absolute atomic E-state index is 0.00370. The summed E-state index contributed by atoms with van der Waals surface area (Å²) in [6.45, 7) is 6.54. The van der Waals surface area contributed by atoms with Gasteiger partial charge in [0.2, 0.25) is 11.8 Å². The molecule has 0 fully saturated rings. The molecule has 3 aromatic rings. The molecule has 0 saturated carbocycles. The lowest BCUT2D eigenvalue weighted by atomic mass is 10.1. The third-order valence-electron chi connectivity index (χ3n) is 6.23. The van der Waals surface area contributed by atoms with Crippen LogP contribution in [0.15, 0.2) is 77.7 Å². The molecule has 0 unspecified atom stereocenters. The van der Waals surface area contributed by atoms with Crippen LogP contribution in [0.1, 0.15) is 33.3 Å². The number of nitrogens with one attached hydrogen (secondary N) is 1. The van der Waals surface area contributed by atoms with Crippen molar-refractivity contribution in [3.8, 4) is 11.5 Å². The molecule has 0 aliphatic heterocycles. The Bertz CT molecular complexity index is 1480. The summed E-state index contributed by atoms with van der Waals surface area (Å²) in [6.07, 6.45) is 0. The van der Waals surface area contributed by atoms with Crippen molar-refractivity contribution in [2.75, 3.05) is 25.1 Å². The molecule has 0 aliphatic rings. The second-order valence-corrected chi connectivity index (χ2v) is 12.7. The van der Waals surface area contributed by atoms with E-state index in [4.69, 9.17) is 21.1 Å². The second kappa shape index (κ2) is 13.3. The first kappa shape index (κ1) is 31.8. The van der Waals surface area contributed by atoms with Crippen LogP contribution >= 0.6 is 11.6 Å².